The molecule has 0 aliphatic carbocycles. The molecule has 3 rings (SSSR count). The highest BCUT2D eigenvalue weighted by Gasteiger charge is 2.22. The summed E-state index contributed by atoms with van der Waals surface area (Å²) in [5, 5.41) is 2.46. The van der Waals surface area contributed by atoms with Crippen LogP contribution < -0.4 is 9.62 Å². The summed E-state index contributed by atoms with van der Waals surface area (Å²) in [5.74, 6) is -1.06. The molecule has 2 aromatic rings. The van der Waals surface area contributed by atoms with Crippen LogP contribution in [0.2, 0.25) is 5.02 Å². The lowest BCUT2D eigenvalue weighted by Gasteiger charge is -2.22. The van der Waals surface area contributed by atoms with Gasteiger partial charge in [-0.3, -0.25) is 13.9 Å². The maximum atomic E-state index is 13.4. The zero-order valence-electron chi connectivity index (χ0n) is 17.0. The summed E-state index contributed by atoms with van der Waals surface area (Å²) in [5.41, 5.74) is 1.88. The van der Waals surface area contributed by atoms with Crippen LogP contribution in [0, 0.1) is 5.82 Å². The number of nitrogens with one attached hydrogen (secondary N) is 1. The summed E-state index contributed by atoms with van der Waals surface area (Å²) >= 11 is 5.75. The van der Waals surface area contributed by atoms with Gasteiger partial charge in [0.1, 0.15) is 12.4 Å². The molecule has 31 heavy (non-hydrogen) atoms. The van der Waals surface area contributed by atoms with Crippen LogP contribution in [0.5, 0.6) is 0 Å². The third-order valence-electron chi connectivity index (χ3n) is 4.90. The Kier molecular flexibility index (Phi) is 7.17. The number of anilines is 1. The van der Waals surface area contributed by atoms with Gasteiger partial charge >= 0.3 is 0 Å². The maximum absolute atomic E-state index is 13.4. The molecule has 2 amide bonds. The number of sulfonamides is 1. The molecule has 0 bridgehead atoms. The Bertz CT molecular complexity index is 1090. The number of carbonyl (C=O) groups excluding carboxylic acids is 2. The molecular weight excluding hydrogens is 445 g/mol. The van der Waals surface area contributed by atoms with Crippen molar-refractivity contribution in [2.75, 3.05) is 23.7 Å². The van der Waals surface area contributed by atoms with E-state index in [0.29, 0.717) is 13.0 Å². The molecule has 0 atom stereocenters. The number of halogens is 2. The van der Waals surface area contributed by atoms with E-state index in [4.69, 9.17) is 11.6 Å². The minimum Gasteiger partial charge on any atom is -0.350 e. The van der Waals surface area contributed by atoms with Gasteiger partial charge in [-0.1, -0.05) is 35.9 Å². The number of likely N-dealkylation sites (tertiary alicyclic amines) is 1. The summed E-state index contributed by atoms with van der Waals surface area (Å²) in [7, 11) is -3.80. The lowest BCUT2D eigenvalue weighted by molar-refractivity contribution is -0.128. The fraction of sp³-hybridized carbons (Fsp3) is 0.333. The summed E-state index contributed by atoms with van der Waals surface area (Å²) in [4.78, 5) is 26.0. The van der Waals surface area contributed by atoms with E-state index in [-0.39, 0.29) is 23.2 Å². The van der Waals surface area contributed by atoms with Gasteiger partial charge in [-0.2, -0.15) is 0 Å². The van der Waals surface area contributed by atoms with Crippen molar-refractivity contribution in [1.82, 2.24) is 10.2 Å². The highest BCUT2D eigenvalue weighted by atomic mass is 35.5. The largest absolute Gasteiger partial charge is 0.350 e. The topological polar surface area (TPSA) is 86.8 Å². The van der Waals surface area contributed by atoms with Crippen molar-refractivity contribution < 1.29 is 22.4 Å². The predicted molar refractivity (Wildman–Crippen MR) is 117 cm³/mol. The van der Waals surface area contributed by atoms with E-state index in [1.54, 1.807) is 4.90 Å². The van der Waals surface area contributed by atoms with Crippen LogP contribution in [0.1, 0.15) is 24.0 Å². The Balaban J connectivity index is 1.63. The van der Waals surface area contributed by atoms with Gasteiger partial charge in [0.05, 0.1) is 17.0 Å². The Morgan fingerprint density at radius 1 is 1.23 bits per heavy atom. The molecule has 1 aliphatic heterocycles. The zero-order chi connectivity index (χ0) is 22.6. The Labute approximate surface area is 185 Å². The number of amides is 2. The zero-order valence-corrected chi connectivity index (χ0v) is 18.5. The second-order valence-corrected chi connectivity index (χ2v) is 9.70. The molecule has 0 aromatic heterocycles. The fourth-order valence-electron chi connectivity index (χ4n) is 3.36. The van der Waals surface area contributed by atoms with Crippen LogP contribution in [0.4, 0.5) is 10.1 Å². The highest BCUT2D eigenvalue weighted by Crippen LogP contribution is 2.24. The minimum absolute atomic E-state index is 0.0985. The number of hydrogen-bond donors (Lipinski definition) is 1. The van der Waals surface area contributed by atoms with E-state index in [9.17, 15) is 22.4 Å². The number of benzene rings is 2. The van der Waals surface area contributed by atoms with Gasteiger partial charge in [0.15, 0.2) is 0 Å². The van der Waals surface area contributed by atoms with E-state index >= 15 is 0 Å². The standard InChI is InChI=1S/C21H23ClFN3O4S/c1-31(29,30)26(17-7-8-19(23)18(22)11-17)14-20(27)24-12-15-4-2-5-16(10-15)13-25-9-3-6-21(25)28/h2,4-5,7-8,10-11H,3,6,9,12-14H2,1H3,(H,24,27). The van der Waals surface area contributed by atoms with Crippen LogP contribution in [-0.2, 0) is 32.7 Å². The average molecular weight is 468 g/mol. The lowest BCUT2D eigenvalue weighted by atomic mass is 10.1. The van der Waals surface area contributed by atoms with E-state index in [0.717, 1.165) is 46.8 Å². The maximum Gasteiger partial charge on any atom is 0.241 e. The molecule has 1 N–H and O–H groups in total. The Morgan fingerprint density at radius 2 is 1.97 bits per heavy atom. The van der Waals surface area contributed by atoms with Gasteiger partial charge in [-0.15, -0.1) is 0 Å². The van der Waals surface area contributed by atoms with Crippen molar-refractivity contribution in [3.8, 4) is 0 Å². The van der Waals surface area contributed by atoms with E-state index in [1.807, 2.05) is 24.3 Å². The molecule has 0 spiro atoms. The number of nitrogens with zero attached hydrogens (tertiary/aromatic N) is 2. The number of carbonyl (C=O) groups is 2. The van der Waals surface area contributed by atoms with Crippen LogP contribution in [0.3, 0.4) is 0 Å². The summed E-state index contributed by atoms with van der Waals surface area (Å²) in [6.07, 6.45) is 2.40. The van der Waals surface area contributed by atoms with Gasteiger partial charge in [0.2, 0.25) is 21.8 Å². The predicted octanol–water partition coefficient (Wildman–Crippen LogP) is 2.68. The molecule has 1 aliphatic rings. The fourth-order valence-corrected chi connectivity index (χ4v) is 4.38. The summed E-state index contributed by atoms with van der Waals surface area (Å²) in [6, 6.07) is 11.0. The molecule has 2 aromatic carbocycles. The summed E-state index contributed by atoms with van der Waals surface area (Å²) in [6.45, 7) is 0.994. The molecule has 1 saturated heterocycles. The molecule has 1 heterocycles. The van der Waals surface area contributed by atoms with E-state index in [2.05, 4.69) is 5.32 Å². The van der Waals surface area contributed by atoms with Crippen LogP contribution in [0.25, 0.3) is 0 Å². The quantitative estimate of drug-likeness (QED) is 0.646. The smallest absolute Gasteiger partial charge is 0.241 e. The molecule has 0 radical (unpaired) electrons. The van der Waals surface area contributed by atoms with Gasteiger partial charge < -0.3 is 10.2 Å². The van der Waals surface area contributed by atoms with Crippen molar-refractivity contribution in [2.45, 2.75) is 25.9 Å². The third kappa shape index (κ3) is 6.18. The van der Waals surface area contributed by atoms with Crippen molar-refractivity contribution >= 4 is 39.1 Å². The lowest BCUT2D eigenvalue weighted by Crippen LogP contribution is -2.40. The van der Waals surface area contributed by atoms with Gasteiger partial charge in [-0.25, -0.2) is 12.8 Å². The summed E-state index contributed by atoms with van der Waals surface area (Å²) < 4.78 is 38.6. The number of rotatable bonds is 8. The molecule has 0 unspecified atom stereocenters. The minimum atomic E-state index is -3.80. The first kappa shape index (κ1) is 23.0. The molecule has 10 heteroatoms. The van der Waals surface area contributed by atoms with E-state index < -0.39 is 28.3 Å². The van der Waals surface area contributed by atoms with Crippen LogP contribution >= 0.6 is 11.6 Å². The SMILES string of the molecule is CS(=O)(=O)N(CC(=O)NCc1cccc(CN2CCCC2=O)c1)c1ccc(F)c(Cl)c1. The third-order valence-corrected chi connectivity index (χ3v) is 6.33. The Morgan fingerprint density at radius 3 is 2.61 bits per heavy atom. The van der Waals surface area contributed by atoms with Crippen LogP contribution in [0.15, 0.2) is 42.5 Å². The second-order valence-electron chi connectivity index (χ2n) is 7.38. The average Bonchev–Trinajstić information content (AvgIpc) is 3.11. The first-order valence-corrected chi connectivity index (χ1v) is 11.9. The normalized spacial score (nSPS) is 14.0. The van der Waals surface area contributed by atoms with Gasteiger partial charge in [0, 0.05) is 26.1 Å². The molecular formula is C21H23ClFN3O4S. The van der Waals surface area contributed by atoms with Crippen molar-refractivity contribution in [1.29, 1.82) is 0 Å². The number of hydrogen-bond acceptors (Lipinski definition) is 4. The highest BCUT2D eigenvalue weighted by molar-refractivity contribution is 7.92. The van der Waals surface area contributed by atoms with Crippen molar-refractivity contribution in [2.24, 2.45) is 0 Å². The first-order chi connectivity index (χ1) is 14.6. The van der Waals surface area contributed by atoms with Crippen molar-refractivity contribution in [3.63, 3.8) is 0 Å². The first-order valence-electron chi connectivity index (χ1n) is 9.68. The monoisotopic (exact) mass is 467 g/mol. The van der Waals surface area contributed by atoms with Crippen LogP contribution in [-0.4, -0.2) is 44.5 Å². The molecule has 0 saturated carbocycles. The Hall–Kier alpha value is -2.65. The van der Waals surface area contributed by atoms with E-state index in [1.165, 1.54) is 6.07 Å². The van der Waals surface area contributed by atoms with Gasteiger partial charge in [0.25, 0.3) is 0 Å². The molecule has 7 nitrogen and oxygen atoms in total. The second kappa shape index (κ2) is 9.65. The van der Waals surface area contributed by atoms with Gasteiger partial charge in [-0.05, 0) is 35.7 Å². The molecule has 166 valence electrons. The van der Waals surface area contributed by atoms with Crippen molar-refractivity contribution in [3.05, 3.63) is 64.4 Å². The molecule has 1 fully saturated rings.